The first kappa shape index (κ1) is 10.6. The zero-order valence-electron chi connectivity index (χ0n) is 8.77. The Morgan fingerprint density at radius 2 is 2.15 bits per heavy atom. The van der Waals surface area contributed by atoms with Crippen LogP contribution in [-0.2, 0) is 9.53 Å². The highest BCUT2D eigenvalue weighted by atomic mass is 16.5. The third-order valence-corrected chi connectivity index (χ3v) is 3.12. The number of cyclic esters (lactones) is 1. The van der Waals surface area contributed by atoms with E-state index < -0.39 is 0 Å². The Labute approximate surface area is 80.7 Å². The lowest BCUT2D eigenvalue weighted by Gasteiger charge is -2.23. The second-order valence-corrected chi connectivity index (χ2v) is 4.15. The zero-order chi connectivity index (χ0) is 9.73. The van der Waals surface area contributed by atoms with Crippen LogP contribution in [0.4, 0.5) is 0 Å². The fraction of sp³-hybridized carbons (Fsp3) is 0.909. The summed E-state index contributed by atoms with van der Waals surface area (Å²) in [6, 6.07) is 0. The molecular formula is C11H20O2. The van der Waals surface area contributed by atoms with Gasteiger partial charge >= 0.3 is 5.97 Å². The number of carbonyl (C=O) groups is 1. The molecule has 1 aliphatic rings. The SMILES string of the molecule is CCCCCC1(CC)COC(=O)C1. The molecule has 1 unspecified atom stereocenters. The molecule has 1 fully saturated rings. The average molecular weight is 184 g/mol. The van der Waals surface area contributed by atoms with Crippen LogP contribution in [0.15, 0.2) is 0 Å². The Kier molecular flexibility index (Phi) is 3.76. The van der Waals surface area contributed by atoms with Gasteiger partial charge in [0.1, 0.15) is 0 Å². The topological polar surface area (TPSA) is 26.3 Å². The van der Waals surface area contributed by atoms with Crippen LogP contribution in [0.3, 0.4) is 0 Å². The fourth-order valence-electron chi connectivity index (χ4n) is 1.96. The molecule has 13 heavy (non-hydrogen) atoms. The highest BCUT2D eigenvalue weighted by molar-refractivity contribution is 5.72. The van der Waals surface area contributed by atoms with Gasteiger partial charge in [-0.05, 0) is 12.8 Å². The third-order valence-electron chi connectivity index (χ3n) is 3.12. The molecule has 2 nitrogen and oxygen atoms in total. The van der Waals surface area contributed by atoms with Crippen LogP contribution in [0.2, 0.25) is 0 Å². The molecule has 0 bridgehead atoms. The Bertz CT molecular complexity index is 177. The van der Waals surface area contributed by atoms with Gasteiger partial charge in [0, 0.05) is 5.41 Å². The van der Waals surface area contributed by atoms with Crippen molar-refractivity contribution >= 4 is 5.97 Å². The summed E-state index contributed by atoms with van der Waals surface area (Å²) in [5.41, 5.74) is 0.187. The minimum atomic E-state index is -0.00153. The van der Waals surface area contributed by atoms with Crippen molar-refractivity contribution in [3.8, 4) is 0 Å². The molecule has 76 valence electrons. The van der Waals surface area contributed by atoms with E-state index in [0.717, 1.165) is 12.8 Å². The van der Waals surface area contributed by atoms with Gasteiger partial charge in [-0.15, -0.1) is 0 Å². The quantitative estimate of drug-likeness (QED) is 0.485. The van der Waals surface area contributed by atoms with Gasteiger partial charge in [-0.3, -0.25) is 4.79 Å². The van der Waals surface area contributed by atoms with Gasteiger partial charge in [-0.25, -0.2) is 0 Å². The van der Waals surface area contributed by atoms with Gasteiger partial charge in [0.2, 0.25) is 0 Å². The summed E-state index contributed by atoms with van der Waals surface area (Å²) in [5.74, 6) is -0.00153. The van der Waals surface area contributed by atoms with E-state index in [1.807, 2.05) is 0 Å². The number of hydrogen-bond donors (Lipinski definition) is 0. The first-order valence-corrected chi connectivity index (χ1v) is 5.38. The molecule has 0 radical (unpaired) electrons. The Hall–Kier alpha value is -0.530. The molecule has 0 aliphatic carbocycles. The maximum Gasteiger partial charge on any atom is 0.306 e. The van der Waals surface area contributed by atoms with Crippen molar-refractivity contribution in [3.05, 3.63) is 0 Å². The van der Waals surface area contributed by atoms with Gasteiger partial charge in [0.05, 0.1) is 13.0 Å². The van der Waals surface area contributed by atoms with Gasteiger partial charge in [0.15, 0.2) is 0 Å². The standard InChI is InChI=1S/C11H20O2/c1-3-5-6-7-11(4-2)8-10(12)13-9-11/h3-9H2,1-2H3. The van der Waals surface area contributed by atoms with Gasteiger partial charge in [0.25, 0.3) is 0 Å². The van der Waals surface area contributed by atoms with E-state index >= 15 is 0 Å². The zero-order valence-corrected chi connectivity index (χ0v) is 8.77. The largest absolute Gasteiger partial charge is 0.465 e. The molecule has 1 heterocycles. The first-order chi connectivity index (χ1) is 6.22. The van der Waals surface area contributed by atoms with Crippen LogP contribution in [0.5, 0.6) is 0 Å². The van der Waals surface area contributed by atoms with Crippen LogP contribution < -0.4 is 0 Å². The van der Waals surface area contributed by atoms with Crippen molar-refractivity contribution in [2.75, 3.05) is 6.61 Å². The number of hydrogen-bond acceptors (Lipinski definition) is 2. The van der Waals surface area contributed by atoms with Crippen LogP contribution in [0.1, 0.15) is 52.4 Å². The Balaban J connectivity index is 2.37. The van der Waals surface area contributed by atoms with Crippen LogP contribution in [0.25, 0.3) is 0 Å². The second kappa shape index (κ2) is 4.64. The van der Waals surface area contributed by atoms with Crippen molar-refractivity contribution in [3.63, 3.8) is 0 Å². The van der Waals surface area contributed by atoms with Crippen molar-refractivity contribution in [1.82, 2.24) is 0 Å². The van der Waals surface area contributed by atoms with E-state index in [9.17, 15) is 4.79 Å². The molecule has 1 aliphatic heterocycles. The lowest BCUT2D eigenvalue weighted by molar-refractivity contribution is -0.137. The van der Waals surface area contributed by atoms with E-state index in [1.165, 1.54) is 19.3 Å². The summed E-state index contributed by atoms with van der Waals surface area (Å²) in [4.78, 5) is 11.0. The number of unbranched alkanes of at least 4 members (excludes halogenated alkanes) is 2. The van der Waals surface area contributed by atoms with Crippen molar-refractivity contribution in [1.29, 1.82) is 0 Å². The summed E-state index contributed by atoms with van der Waals surface area (Å²) in [6.45, 7) is 5.02. The minimum Gasteiger partial charge on any atom is -0.465 e. The lowest BCUT2D eigenvalue weighted by atomic mass is 9.79. The van der Waals surface area contributed by atoms with E-state index in [1.54, 1.807) is 0 Å². The summed E-state index contributed by atoms with van der Waals surface area (Å²) >= 11 is 0. The van der Waals surface area contributed by atoms with E-state index in [2.05, 4.69) is 13.8 Å². The second-order valence-electron chi connectivity index (χ2n) is 4.15. The van der Waals surface area contributed by atoms with E-state index in [4.69, 9.17) is 4.74 Å². The molecule has 2 heteroatoms. The molecule has 0 amide bonds. The van der Waals surface area contributed by atoms with Gasteiger partial charge in [-0.2, -0.15) is 0 Å². The molecular weight excluding hydrogens is 164 g/mol. The van der Waals surface area contributed by atoms with Crippen LogP contribution in [0, 0.1) is 5.41 Å². The van der Waals surface area contributed by atoms with Crippen molar-refractivity contribution in [2.45, 2.75) is 52.4 Å². The molecule has 0 aromatic carbocycles. The van der Waals surface area contributed by atoms with Crippen molar-refractivity contribution in [2.24, 2.45) is 5.41 Å². The Morgan fingerprint density at radius 1 is 1.38 bits per heavy atom. The number of rotatable bonds is 5. The summed E-state index contributed by atoms with van der Waals surface area (Å²) < 4.78 is 5.05. The molecule has 1 saturated heterocycles. The monoisotopic (exact) mass is 184 g/mol. The van der Waals surface area contributed by atoms with Crippen molar-refractivity contribution < 1.29 is 9.53 Å². The summed E-state index contributed by atoms with van der Waals surface area (Å²) in [5, 5.41) is 0. The summed E-state index contributed by atoms with van der Waals surface area (Å²) in [6.07, 6.45) is 6.63. The lowest BCUT2D eigenvalue weighted by Crippen LogP contribution is -2.19. The molecule has 0 aromatic heterocycles. The predicted octanol–water partition coefficient (Wildman–Crippen LogP) is 2.91. The molecule has 0 N–H and O–H groups in total. The third kappa shape index (κ3) is 2.71. The molecule has 0 saturated carbocycles. The fourth-order valence-corrected chi connectivity index (χ4v) is 1.96. The minimum absolute atomic E-state index is 0.00153. The normalized spacial score (nSPS) is 27.7. The molecule has 0 spiro atoms. The molecule has 0 aromatic rings. The van der Waals surface area contributed by atoms with E-state index in [-0.39, 0.29) is 11.4 Å². The smallest absolute Gasteiger partial charge is 0.306 e. The number of esters is 1. The predicted molar refractivity (Wildman–Crippen MR) is 52.4 cm³/mol. The number of carbonyl (C=O) groups excluding carboxylic acids is 1. The first-order valence-electron chi connectivity index (χ1n) is 5.38. The molecule has 1 rings (SSSR count). The van der Waals surface area contributed by atoms with Crippen LogP contribution in [-0.4, -0.2) is 12.6 Å². The van der Waals surface area contributed by atoms with E-state index in [0.29, 0.717) is 13.0 Å². The van der Waals surface area contributed by atoms with Crippen LogP contribution >= 0.6 is 0 Å². The highest BCUT2D eigenvalue weighted by Crippen LogP contribution is 2.37. The molecule has 1 atom stereocenters. The Morgan fingerprint density at radius 3 is 2.62 bits per heavy atom. The maximum atomic E-state index is 11.0. The number of ether oxygens (including phenoxy) is 1. The summed E-state index contributed by atoms with van der Waals surface area (Å²) in [7, 11) is 0. The average Bonchev–Trinajstić information content (AvgIpc) is 2.49. The highest BCUT2D eigenvalue weighted by Gasteiger charge is 2.37. The van der Waals surface area contributed by atoms with Gasteiger partial charge < -0.3 is 4.74 Å². The van der Waals surface area contributed by atoms with Gasteiger partial charge in [-0.1, -0.05) is 33.1 Å². The maximum absolute atomic E-state index is 11.0.